The van der Waals surface area contributed by atoms with Crippen molar-refractivity contribution in [2.24, 2.45) is 0 Å². The Bertz CT molecular complexity index is 1150. The maximum atomic E-state index is 12.5. The van der Waals surface area contributed by atoms with Crippen LogP contribution in [0, 0.1) is 0 Å². The van der Waals surface area contributed by atoms with E-state index in [9.17, 15) is 9.59 Å². The van der Waals surface area contributed by atoms with Crippen molar-refractivity contribution < 1.29 is 19.1 Å². The molecule has 4 rings (SSSR count). The van der Waals surface area contributed by atoms with E-state index in [2.05, 4.69) is 0 Å². The van der Waals surface area contributed by atoms with Crippen molar-refractivity contribution in [1.29, 1.82) is 0 Å². The fourth-order valence-corrected chi connectivity index (χ4v) is 3.92. The minimum atomic E-state index is -0.403. The average Bonchev–Trinajstić information content (AvgIpc) is 2.89. The number of rotatable bonds is 8. The minimum Gasteiger partial charge on any atom is -0.459 e. The minimum absolute atomic E-state index is 0.396. The molecule has 35 heavy (non-hydrogen) atoms. The summed E-state index contributed by atoms with van der Waals surface area (Å²) in [4.78, 5) is 25.1. The molecule has 2 atom stereocenters. The normalized spacial score (nSPS) is 12.4. The molecule has 2 unspecified atom stereocenters. The van der Waals surface area contributed by atoms with Gasteiger partial charge in [0.25, 0.3) is 0 Å². The van der Waals surface area contributed by atoms with E-state index in [1.165, 1.54) is 0 Å². The summed E-state index contributed by atoms with van der Waals surface area (Å²) < 4.78 is 11.1. The highest BCUT2D eigenvalue weighted by molar-refractivity contribution is 5.91. The molecule has 0 radical (unpaired) electrons. The predicted octanol–water partition coefficient (Wildman–Crippen LogP) is 7.20. The second-order valence-corrected chi connectivity index (χ2v) is 8.55. The van der Waals surface area contributed by atoms with Crippen LogP contribution in [0.2, 0.25) is 0 Å². The first-order valence-electron chi connectivity index (χ1n) is 11.7. The summed E-state index contributed by atoms with van der Waals surface area (Å²) in [5.74, 6) is -0.792. The standard InChI is InChI=1S/C31H28O4/c1-22(34-30(32)28-17-13-26(14-18-28)24-9-5-3-6-10-24)21-23(2)35-31(33)29-19-15-27(16-20-29)25-11-7-4-8-12-25/h3-20,22-23H,21H2,1-2H3. The predicted molar refractivity (Wildman–Crippen MR) is 138 cm³/mol. The van der Waals surface area contributed by atoms with Gasteiger partial charge in [-0.3, -0.25) is 0 Å². The summed E-state index contributed by atoms with van der Waals surface area (Å²) in [5.41, 5.74) is 5.22. The fraction of sp³-hybridized carbons (Fsp3) is 0.161. The molecule has 0 aromatic heterocycles. The fourth-order valence-electron chi connectivity index (χ4n) is 3.92. The Labute approximate surface area is 206 Å². The third kappa shape index (κ3) is 6.45. The van der Waals surface area contributed by atoms with Gasteiger partial charge in [-0.25, -0.2) is 9.59 Å². The van der Waals surface area contributed by atoms with Crippen LogP contribution >= 0.6 is 0 Å². The van der Waals surface area contributed by atoms with Crippen LogP contribution in [0.15, 0.2) is 109 Å². The number of hydrogen-bond acceptors (Lipinski definition) is 4. The highest BCUT2D eigenvalue weighted by atomic mass is 16.6. The van der Waals surface area contributed by atoms with Crippen molar-refractivity contribution >= 4 is 11.9 Å². The SMILES string of the molecule is CC(CC(C)OC(=O)c1ccc(-c2ccccc2)cc1)OC(=O)c1ccc(-c2ccccc2)cc1. The maximum Gasteiger partial charge on any atom is 0.338 e. The van der Waals surface area contributed by atoms with Gasteiger partial charge in [-0.05, 0) is 60.4 Å². The van der Waals surface area contributed by atoms with E-state index < -0.39 is 24.1 Å². The van der Waals surface area contributed by atoms with E-state index in [-0.39, 0.29) is 0 Å². The first kappa shape index (κ1) is 24.0. The van der Waals surface area contributed by atoms with Crippen molar-refractivity contribution in [1.82, 2.24) is 0 Å². The van der Waals surface area contributed by atoms with E-state index in [0.29, 0.717) is 17.5 Å². The molecule has 0 aliphatic heterocycles. The summed E-state index contributed by atoms with van der Waals surface area (Å²) >= 11 is 0. The van der Waals surface area contributed by atoms with E-state index >= 15 is 0 Å². The Morgan fingerprint density at radius 2 is 0.829 bits per heavy atom. The molecule has 4 aromatic rings. The lowest BCUT2D eigenvalue weighted by Gasteiger charge is -2.19. The molecule has 0 N–H and O–H groups in total. The summed E-state index contributed by atoms with van der Waals surface area (Å²) in [5, 5.41) is 0. The molecular formula is C31H28O4. The monoisotopic (exact) mass is 464 g/mol. The molecule has 0 aliphatic rings. The molecule has 0 spiro atoms. The molecule has 4 aromatic carbocycles. The maximum absolute atomic E-state index is 12.5. The van der Waals surface area contributed by atoms with Gasteiger partial charge in [-0.2, -0.15) is 0 Å². The van der Waals surface area contributed by atoms with Gasteiger partial charge in [0.05, 0.1) is 11.1 Å². The van der Waals surface area contributed by atoms with Crippen LogP contribution < -0.4 is 0 Å². The largest absolute Gasteiger partial charge is 0.459 e. The molecule has 0 amide bonds. The molecule has 0 bridgehead atoms. The second-order valence-electron chi connectivity index (χ2n) is 8.55. The quantitative estimate of drug-likeness (QED) is 0.259. The first-order valence-corrected chi connectivity index (χ1v) is 11.7. The molecular weight excluding hydrogens is 436 g/mol. The third-order valence-electron chi connectivity index (χ3n) is 5.74. The van der Waals surface area contributed by atoms with Gasteiger partial charge in [-0.15, -0.1) is 0 Å². The third-order valence-corrected chi connectivity index (χ3v) is 5.74. The molecule has 4 nitrogen and oxygen atoms in total. The summed E-state index contributed by atoms with van der Waals surface area (Å²) in [7, 11) is 0. The first-order chi connectivity index (χ1) is 17.0. The highest BCUT2D eigenvalue weighted by Crippen LogP contribution is 2.21. The van der Waals surface area contributed by atoms with Crippen LogP contribution in [-0.4, -0.2) is 24.1 Å². The van der Waals surface area contributed by atoms with Gasteiger partial charge >= 0.3 is 11.9 Å². The molecule has 0 saturated heterocycles. The zero-order valence-electron chi connectivity index (χ0n) is 19.9. The van der Waals surface area contributed by atoms with E-state index in [4.69, 9.17) is 9.47 Å². The molecule has 0 fully saturated rings. The Hall–Kier alpha value is -4.18. The Balaban J connectivity index is 1.27. The van der Waals surface area contributed by atoms with Crippen LogP contribution in [0.1, 0.15) is 41.0 Å². The molecule has 176 valence electrons. The summed E-state index contributed by atoms with van der Waals surface area (Å²) in [6.07, 6.45) is -0.402. The number of benzene rings is 4. The lowest BCUT2D eigenvalue weighted by molar-refractivity contribution is 0.00764. The van der Waals surface area contributed by atoms with Crippen molar-refractivity contribution in [3.8, 4) is 22.3 Å². The highest BCUT2D eigenvalue weighted by Gasteiger charge is 2.18. The molecule has 0 saturated carbocycles. The van der Waals surface area contributed by atoms with Crippen molar-refractivity contribution in [2.75, 3.05) is 0 Å². The topological polar surface area (TPSA) is 52.6 Å². The summed E-state index contributed by atoms with van der Waals surface area (Å²) in [6.45, 7) is 3.60. The Morgan fingerprint density at radius 1 is 0.514 bits per heavy atom. The lowest BCUT2D eigenvalue weighted by Crippen LogP contribution is -2.23. The van der Waals surface area contributed by atoms with E-state index in [1.54, 1.807) is 38.1 Å². The van der Waals surface area contributed by atoms with Crippen LogP contribution in [0.5, 0.6) is 0 Å². The average molecular weight is 465 g/mol. The van der Waals surface area contributed by atoms with Crippen LogP contribution in [0.25, 0.3) is 22.3 Å². The van der Waals surface area contributed by atoms with Gasteiger partial charge in [0.1, 0.15) is 12.2 Å². The number of hydrogen-bond donors (Lipinski definition) is 0. The smallest absolute Gasteiger partial charge is 0.338 e. The summed E-state index contributed by atoms with van der Waals surface area (Å²) in [6, 6.07) is 34.6. The molecule has 0 heterocycles. The van der Waals surface area contributed by atoms with Crippen LogP contribution in [-0.2, 0) is 9.47 Å². The van der Waals surface area contributed by atoms with Crippen LogP contribution in [0.3, 0.4) is 0 Å². The Kier molecular flexibility index (Phi) is 7.74. The van der Waals surface area contributed by atoms with Gasteiger partial charge < -0.3 is 9.47 Å². The Morgan fingerprint density at radius 3 is 1.17 bits per heavy atom. The molecule has 4 heteroatoms. The number of carbonyl (C=O) groups is 2. The number of esters is 2. The van der Waals surface area contributed by atoms with E-state index in [0.717, 1.165) is 22.3 Å². The van der Waals surface area contributed by atoms with Crippen molar-refractivity contribution in [3.63, 3.8) is 0 Å². The van der Waals surface area contributed by atoms with Crippen molar-refractivity contribution in [3.05, 3.63) is 120 Å². The second kappa shape index (κ2) is 11.3. The van der Waals surface area contributed by atoms with Gasteiger partial charge in [0.15, 0.2) is 0 Å². The van der Waals surface area contributed by atoms with Gasteiger partial charge in [0, 0.05) is 6.42 Å². The van der Waals surface area contributed by atoms with Gasteiger partial charge in [-0.1, -0.05) is 84.9 Å². The zero-order chi connectivity index (χ0) is 24.6. The van der Waals surface area contributed by atoms with Gasteiger partial charge in [0.2, 0.25) is 0 Å². The van der Waals surface area contributed by atoms with Crippen LogP contribution in [0.4, 0.5) is 0 Å². The number of carbonyl (C=O) groups excluding carboxylic acids is 2. The lowest BCUT2D eigenvalue weighted by atomic mass is 10.0. The van der Waals surface area contributed by atoms with E-state index in [1.807, 2.05) is 84.9 Å². The molecule has 0 aliphatic carbocycles. The number of ether oxygens (including phenoxy) is 2. The van der Waals surface area contributed by atoms with Crippen molar-refractivity contribution in [2.45, 2.75) is 32.5 Å². The zero-order valence-corrected chi connectivity index (χ0v) is 19.9.